The summed E-state index contributed by atoms with van der Waals surface area (Å²) in [7, 11) is 1.64. The van der Waals surface area contributed by atoms with Gasteiger partial charge in [-0.2, -0.15) is 0 Å². The molecule has 0 spiro atoms. The number of ether oxygens (including phenoxy) is 1. The molecule has 3 N–H and O–H groups in total. The van der Waals surface area contributed by atoms with Crippen molar-refractivity contribution in [2.24, 2.45) is 0 Å². The Morgan fingerprint density at radius 1 is 0.786 bits per heavy atom. The summed E-state index contributed by atoms with van der Waals surface area (Å²) in [4.78, 5) is 23.8. The molecule has 144 valence electrons. The lowest BCUT2D eigenvalue weighted by molar-refractivity contribution is -0.120. The van der Waals surface area contributed by atoms with E-state index in [1.54, 1.807) is 7.11 Å². The predicted molar refractivity (Wildman–Crippen MR) is 109 cm³/mol. The number of nitrogens with one attached hydrogen (secondary N) is 3. The summed E-state index contributed by atoms with van der Waals surface area (Å²) in [5, 5.41) is 10.2. The molecule has 0 aliphatic heterocycles. The Labute approximate surface area is 163 Å². The first-order valence-electron chi connectivity index (χ1n) is 9.03. The van der Waals surface area contributed by atoms with Crippen LogP contribution in [-0.4, -0.2) is 25.6 Å². The topological polar surface area (TPSA) is 79.5 Å². The Bertz CT molecular complexity index is 958. The van der Waals surface area contributed by atoms with Crippen LogP contribution in [-0.2, 0) is 17.9 Å². The van der Waals surface area contributed by atoms with Crippen LogP contribution in [0.2, 0.25) is 0 Å². The van der Waals surface area contributed by atoms with Crippen molar-refractivity contribution in [2.45, 2.75) is 13.1 Å². The zero-order valence-electron chi connectivity index (χ0n) is 15.7. The molecule has 28 heavy (non-hydrogen) atoms. The van der Waals surface area contributed by atoms with Crippen LogP contribution in [0.25, 0.3) is 10.8 Å². The first-order chi connectivity index (χ1) is 13.6. The second-order valence-electron chi connectivity index (χ2n) is 6.35. The Kier molecular flexibility index (Phi) is 6.46. The summed E-state index contributed by atoms with van der Waals surface area (Å²) in [6, 6.07) is 21.0. The van der Waals surface area contributed by atoms with E-state index in [2.05, 4.69) is 16.0 Å². The molecule has 0 heterocycles. The minimum atomic E-state index is -0.376. The molecule has 0 saturated carbocycles. The number of methoxy groups -OCH3 is 1. The highest BCUT2D eigenvalue weighted by Gasteiger charge is 2.06. The van der Waals surface area contributed by atoms with E-state index in [1.807, 2.05) is 66.7 Å². The highest BCUT2D eigenvalue weighted by atomic mass is 16.5. The zero-order chi connectivity index (χ0) is 19.8. The Hall–Kier alpha value is -3.54. The third kappa shape index (κ3) is 5.48. The molecule has 3 rings (SSSR count). The van der Waals surface area contributed by atoms with Gasteiger partial charge in [0.2, 0.25) is 5.91 Å². The normalized spacial score (nSPS) is 10.3. The van der Waals surface area contributed by atoms with Gasteiger partial charge in [0.15, 0.2) is 0 Å². The molecule has 6 heteroatoms. The number of hydrogen-bond acceptors (Lipinski definition) is 3. The van der Waals surface area contributed by atoms with Gasteiger partial charge in [0.1, 0.15) is 5.75 Å². The van der Waals surface area contributed by atoms with Crippen molar-refractivity contribution < 1.29 is 14.3 Å². The molecular weight excluding hydrogens is 354 g/mol. The van der Waals surface area contributed by atoms with E-state index in [4.69, 9.17) is 4.74 Å². The first kappa shape index (κ1) is 19.2. The number of urea groups is 1. The molecule has 0 bridgehead atoms. The van der Waals surface area contributed by atoms with E-state index < -0.39 is 0 Å². The van der Waals surface area contributed by atoms with Crippen LogP contribution in [0.4, 0.5) is 4.79 Å². The van der Waals surface area contributed by atoms with Crippen LogP contribution < -0.4 is 20.7 Å². The average Bonchev–Trinajstić information content (AvgIpc) is 2.75. The molecule has 0 unspecified atom stereocenters. The van der Waals surface area contributed by atoms with Crippen molar-refractivity contribution >= 4 is 22.7 Å². The average molecular weight is 377 g/mol. The monoisotopic (exact) mass is 377 g/mol. The number of benzene rings is 3. The Morgan fingerprint density at radius 3 is 2.29 bits per heavy atom. The van der Waals surface area contributed by atoms with Crippen LogP contribution in [0.5, 0.6) is 5.75 Å². The fourth-order valence-electron chi connectivity index (χ4n) is 2.77. The lowest BCUT2D eigenvalue weighted by atomic mass is 10.1. The number of carbonyl (C=O) groups excluding carboxylic acids is 2. The molecule has 3 aromatic carbocycles. The van der Waals surface area contributed by atoms with Gasteiger partial charge in [-0.25, -0.2) is 4.79 Å². The summed E-state index contributed by atoms with van der Waals surface area (Å²) in [6.45, 7) is 0.732. The second kappa shape index (κ2) is 9.41. The van der Waals surface area contributed by atoms with Crippen LogP contribution in [0.15, 0.2) is 66.7 Å². The number of carbonyl (C=O) groups is 2. The summed E-state index contributed by atoms with van der Waals surface area (Å²) in [5.41, 5.74) is 1.98. The standard InChI is InChI=1S/C22H23N3O3/c1-28-20-10-9-18-11-17(7-8-19(18)12-20)14-23-21(26)15-25-22(27)24-13-16-5-3-2-4-6-16/h2-12H,13-15H2,1H3,(H,23,26)(H2,24,25,27). The van der Waals surface area contributed by atoms with Crippen LogP contribution in [0.1, 0.15) is 11.1 Å². The van der Waals surface area contributed by atoms with E-state index in [0.29, 0.717) is 13.1 Å². The van der Waals surface area contributed by atoms with E-state index in [0.717, 1.165) is 27.6 Å². The molecule has 6 nitrogen and oxygen atoms in total. The van der Waals surface area contributed by atoms with Gasteiger partial charge in [0, 0.05) is 13.1 Å². The molecule has 3 amide bonds. The number of fused-ring (bicyclic) bond motifs is 1. The second-order valence-corrected chi connectivity index (χ2v) is 6.35. The van der Waals surface area contributed by atoms with Crippen molar-refractivity contribution in [3.63, 3.8) is 0 Å². The molecule has 3 aromatic rings. The predicted octanol–water partition coefficient (Wildman–Crippen LogP) is 2.96. The maximum Gasteiger partial charge on any atom is 0.315 e. The number of amides is 3. The highest BCUT2D eigenvalue weighted by Crippen LogP contribution is 2.21. The summed E-state index contributed by atoms with van der Waals surface area (Å²) >= 11 is 0. The Morgan fingerprint density at radius 2 is 1.50 bits per heavy atom. The third-order valence-electron chi connectivity index (χ3n) is 4.31. The van der Waals surface area contributed by atoms with Crippen molar-refractivity contribution in [1.29, 1.82) is 0 Å². The lowest BCUT2D eigenvalue weighted by Gasteiger charge is -2.09. The molecule has 0 atom stereocenters. The molecule has 0 aliphatic carbocycles. The highest BCUT2D eigenvalue weighted by molar-refractivity contribution is 5.85. The van der Waals surface area contributed by atoms with Crippen molar-refractivity contribution in [3.05, 3.63) is 77.9 Å². The number of rotatable bonds is 7. The fourth-order valence-corrected chi connectivity index (χ4v) is 2.77. The zero-order valence-corrected chi connectivity index (χ0v) is 15.7. The van der Waals surface area contributed by atoms with Crippen molar-refractivity contribution in [2.75, 3.05) is 13.7 Å². The fraction of sp³-hybridized carbons (Fsp3) is 0.182. The summed E-state index contributed by atoms with van der Waals surface area (Å²) < 4.78 is 5.22. The third-order valence-corrected chi connectivity index (χ3v) is 4.31. The van der Waals surface area contributed by atoms with Crippen molar-refractivity contribution in [1.82, 2.24) is 16.0 Å². The van der Waals surface area contributed by atoms with Gasteiger partial charge in [0.05, 0.1) is 13.7 Å². The van der Waals surface area contributed by atoms with Gasteiger partial charge < -0.3 is 20.7 Å². The SMILES string of the molecule is COc1ccc2cc(CNC(=O)CNC(=O)NCc3ccccc3)ccc2c1. The molecule has 0 saturated heterocycles. The minimum Gasteiger partial charge on any atom is -0.497 e. The Balaban J connectivity index is 1.42. The van der Waals surface area contributed by atoms with Gasteiger partial charge in [-0.1, -0.05) is 48.5 Å². The first-order valence-corrected chi connectivity index (χ1v) is 9.03. The maximum absolute atomic E-state index is 12.0. The van der Waals surface area contributed by atoms with E-state index in [-0.39, 0.29) is 18.5 Å². The van der Waals surface area contributed by atoms with Crippen LogP contribution in [0, 0.1) is 0 Å². The van der Waals surface area contributed by atoms with Gasteiger partial charge in [-0.3, -0.25) is 4.79 Å². The maximum atomic E-state index is 12.0. The van der Waals surface area contributed by atoms with Crippen molar-refractivity contribution in [3.8, 4) is 5.75 Å². The quantitative estimate of drug-likeness (QED) is 0.592. The van der Waals surface area contributed by atoms with Gasteiger partial charge in [0.25, 0.3) is 0 Å². The summed E-state index contributed by atoms with van der Waals surface area (Å²) in [5.74, 6) is 0.565. The lowest BCUT2D eigenvalue weighted by Crippen LogP contribution is -2.41. The van der Waals surface area contributed by atoms with Crippen LogP contribution in [0.3, 0.4) is 0 Å². The largest absolute Gasteiger partial charge is 0.497 e. The van der Waals surface area contributed by atoms with E-state index in [1.165, 1.54) is 0 Å². The van der Waals surface area contributed by atoms with E-state index in [9.17, 15) is 9.59 Å². The molecule has 0 radical (unpaired) electrons. The summed E-state index contributed by atoms with van der Waals surface area (Å²) in [6.07, 6.45) is 0. The smallest absolute Gasteiger partial charge is 0.315 e. The minimum absolute atomic E-state index is 0.0780. The number of hydrogen-bond donors (Lipinski definition) is 3. The molecule has 0 fully saturated rings. The van der Waals surface area contributed by atoms with Crippen LogP contribution >= 0.6 is 0 Å². The van der Waals surface area contributed by atoms with Gasteiger partial charge >= 0.3 is 6.03 Å². The van der Waals surface area contributed by atoms with E-state index >= 15 is 0 Å². The van der Waals surface area contributed by atoms with Gasteiger partial charge in [-0.15, -0.1) is 0 Å². The van der Waals surface area contributed by atoms with Gasteiger partial charge in [-0.05, 0) is 40.1 Å². The molecular formula is C22H23N3O3. The molecule has 0 aliphatic rings. The molecule has 0 aromatic heterocycles.